The number of hydrogen-bond acceptors (Lipinski definition) is 5. The number of rotatable bonds is 5. The molecule has 0 aromatic carbocycles. The molecular weight excluding hydrogens is 282 g/mol. The second-order valence-electron chi connectivity index (χ2n) is 6.60. The number of methoxy groups -OCH3 is 1. The van der Waals surface area contributed by atoms with Crippen molar-refractivity contribution in [2.45, 2.75) is 57.8 Å². The van der Waals surface area contributed by atoms with Gasteiger partial charge in [-0.05, 0) is 39.2 Å². The highest BCUT2D eigenvalue weighted by Crippen LogP contribution is 2.21. The molecule has 1 aliphatic carbocycles. The summed E-state index contributed by atoms with van der Waals surface area (Å²) in [6.45, 7) is 6.35. The molecule has 0 atom stereocenters. The van der Waals surface area contributed by atoms with E-state index in [2.05, 4.69) is 15.6 Å². The van der Waals surface area contributed by atoms with Crippen LogP contribution in [0, 0.1) is 0 Å². The molecule has 6 heteroatoms. The van der Waals surface area contributed by atoms with Crippen molar-refractivity contribution < 1.29 is 14.3 Å². The number of aromatic nitrogens is 1. The zero-order valence-electron chi connectivity index (χ0n) is 13.7. The molecule has 122 valence electrons. The lowest BCUT2D eigenvalue weighted by Gasteiger charge is -2.36. The van der Waals surface area contributed by atoms with E-state index in [-0.39, 0.29) is 12.1 Å². The number of nitrogens with one attached hydrogen (secondary N) is 2. The van der Waals surface area contributed by atoms with Crippen molar-refractivity contribution in [3.05, 3.63) is 23.9 Å². The number of pyridine rings is 1. The van der Waals surface area contributed by atoms with Crippen LogP contribution in [0.15, 0.2) is 18.3 Å². The Morgan fingerprint density at radius 1 is 1.32 bits per heavy atom. The van der Waals surface area contributed by atoms with Gasteiger partial charge in [0, 0.05) is 30.9 Å². The third-order valence-electron chi connectivity index (χ3n) is 3.46. The maximum Gasteiger partial charge on any atom is 0.407 e. The minimum atomic E-state index is -0.452. The second-order valence-corrected chi connectivity index (χ2v) is 6.60. The number of carbonyl (C=O) groups excluding carboxylic acids is 1. The molecule has 0 saturated heterocycles. The Hall–Kier alpha value is -1.82. The lowest BCUT2D eigenvalue weighted by Crippen LogP contribution is -2.52. The summed E-state index contributed by atoms with van der Waals surface area (Å²) in [5.41, 5.74) is 0.664. The lowest BCUT2D eigenvalue weighted by atomic mass is 9.87. The lowest BCUT2D eigenvalue weighted by molar-refractivity contribution is 0.0465. The molecule has 0 spiro atoms. The molecule has 0 aliphatic heterocycles. The van der Waals surface area contributed by atoms with Crippen LogP contribution in [0.4, 0.5) is 4.79 Å². The zero-order chi connectivity index (χ0) is 16.2. The molecule has 6 nitrogen and oxygen atoms in total. The summed E-state index contributed by atoms with van der Waals surface area (Å²) in [6, 6.07) is 4.46. The summed E-state index contributed by atoms with van der Waals surface area (Å²) >= 11 is 0. The van der Waals surface area contributed by atoms with E-state index < -0.39 is 5.60 Å². The topological polar surface area (TPSA) is 72.5 Å². The molecule has 0 bridgehead atoms. The van der Waals surface area contributed by atoms with Gasteiger partial charge < -0.3 is 20.1 Å². The predicted octanol–water partition coefficient (Wildman–Crippen LogP) is 2.24. The molecule has 1 aromatic rings. The molecule has 1 aromatic heterocycles. The number of amides is 1. The van der Waals surface area contributed by atoms with E-state index in [1.54, 1.807) is 13.3 Å². The van der Waals surface area contributed by atoms with Crippen LogP contribution in [0.2, 0.25) is 0 Å². The van der Waals surface area contributed by atoms with Crippen LogP contribution in [0.3, 0.4) is 0 Å². The first-order valence-corrected chi connectivity index (χ1v) is 7.57. The van der Waals surface area contributed by atoms with Gasteiger partial charge in [-0.25, -0.2) is 9.78 Å². The third kappa shape index (κ3) is 5.18. The van der Waals surface area contributed by atoms with Crippen molar-refractivity contribution in [2.75, 3.05) is 7.11 Å². The van der Waals surface area contributed by atoms with Crippen LogP contribution >= 0.6 is 0 Å². The number of alkyl carbamates (subject to hydrolysis) is 1. The van der Waals surface area contributed by atoms with Gasteiger partial charge >= 0.3 is 6.09 Å². The van der Waals surface area contributed by atoms with E-state index in [1.807, 2.05) is 32.9 Å². The van der Waals surface area contributed by atoms with Crippen molar-refractivity contribution in [3.63, 3.8) is 0 Å². The Bertz CT molecular complexity index is 490. The normalized spacial score (nSPS) is 20.9. The fourth-order valence-electron chi connectivity index (χ4n) is 2.28. The zero-order valence-corrected chi connectivity index (χ0v) is 13.7. The molecule has 1 fully saturated rings. The molecule has 0 unspecified atom stereocenters. The molecule has 2 N–H and O–H groups in total. The molecule has 1 saturated carbocycles. The van der Waals surface area contributed by atoms with Gasteiger partial charge in [0.15, 0.2) is 0 Å². The molecule has 22 heavy (non-hydrogen) atoms. The first-order chi connectivity index (χ1) is 10.4. The van der Waals surface area contributed by atoms with Crippen molar-refractivity contribution in [1.29, 1.82) is 0 Å². The van der Waals surface area contributed by atoms with Crippen molar-refractivity contribution in [3.8, 4) is 5.88 Å². The van der Waals surface area contributed by atoms with Crippen LogP contribution in [0.25, 0.3) is 0 Å². The third-order valence-corrected chi connectivity index (χ3v) is 3.46. The molecule has 1 amide bonds. The monoisotopic (exact) mass is 307 g/mol. The van der Waals surface area contributed by atoms with Gasteiger partial charge in [0.1, 0.15) is 5.60 Å². The Morgan fingerprint density at radius 3 is 2.59 bits per heavy atom. The SMILES string of the molecule is COc1ccc(CNC2CC(NC(=O)OC(C)(C)C)C2)cn1. The quantitative estimate of drug-likeness (QED) is 0.873. The Morgan fingerprint density at radius 2 is 2.05 bits per heavy atom. The average molecular weight is 307 g/mol. The number of nitrogens with zero attached hydrogens (tertiary/aromatic N) is 1. The van der Waals surface area contributed by atoms with Crippen LogP contribution < -0.4 is 15.4 Å². The van der Waals surface area contributed by atoms with Crippen molar-refractivity contribution in [2.24, 2.45) is 0 Å². The summed E-state index contributed by atoms with van der Waals surface area (Å²) in [5, 5.41) is 6.34. The average Bonchev–Trinajstić information content (AvgIpc) is 2.39. The molecule has 2 rings (SSSR count). The second kappa shape index (κ2) is 6.96. The number of carbonyl (C=O) groups is 1. The molecule has 1 heterocycles. The fourth-order valence-corrected chi connectivity index (χ4v) is 2.28. The van der Waals surface area contributed by atoms with Gasteiger partial charge in [-0.15, -0.1) is 0 Å². The largest absolute Gasteiger partial charge is 0.481 e. The predicted molar refractivity (Wildman–Crippen MR) is 83.8 cm³/mol. The Labute approximate surface area is 131 Å². The minimum Gasteiger partial charge on any atom is -0.481 e. The highest BCUT2D eigenvalue weighted by Gasteiger charge is 2.31. The van der Waals surface area contributed by atoms with Crippen molar-refractivity contribution >= 4 is 6.09 Å². The first-order valence-electron chi connectivity index (χ1n) is 7.57. The summed E-state index contributed by atoms with van der Waals surface area (Å²) in [7, 11) is 1.60. The highest BCUT2D eigenvalue weighted by molar-refractivity contribution is 5.68. The van der Waals surface area contributed by atoms with Gasteiger partial charge in [-0.2, -0.15) is 0 Å². The van der Waals surface area contributed by atoms with E-state index in [9.17, 15) is 4.79 Å². The molecule has 1 aliphatic rings. The van der Waals surface area contributed by atoms with Gasteiger partial charge in [0.25, 0.3) is 0 Å². The first kappa shape index (κ1) is 16.5. The summed E-state index contributed by atoms with van der Waals surface area (Å²) < 4.78 is 10.3. The van der Waals surface area contributed by atoms with E-state index in [0.29, 0.717) is 11.9 Å². The maximum absolute atomic E-state index is 11.6. The van der Waals surface area contributed by atoms with E-state index in [0.717, 1.165) is 24.9 Å². The fraction of sp³-hybridized carbons (Fsp3) is 0.625. The van der Waals surface area contributed by atoms with Gasteiger partial charge in [0.2, 0.25) is 5.88 Å². The van der Waals surface area contributed by atoms with Crippen molar-refractivity contribution in [1.82, 2.24) is 15.6 Å². The minimum absolute atomic E-state index is 0.196. The Kier molecular flexibility index (Phi) is 5.24. The van der Waals surface area contributed by atoms with Crippen LogP contribution in [-0.4, -0.2) is 35.9 Å². The summed E-state index contributed by atoms with van der Waals surface area (Å²) in [4.78, 5) is 15.8. The van der Waals surface area contributed by atoms with E-state index >= 15 is 0 Å². The Balaban J connectivity index is 1.64. The van der Waals surface area contributed by atoms with Gasteiger partial charge in [-0.3, -0.25) is 0 Å². The van der Waals surface area contributed by atoms with Gasteiger partial charge in [0.05, 0.1) is 7.11 Å². The summed E-state index contributed by atoms with van der Waals surface area (Å²) in [6.07, 6.45) is 3.31. The van der Waals surface area contributed by atoms with E-state index in [4.69, 9.17) is 9.47 Å². The smallest absolute Gasteiger partial charge is 0.407 e. The van der Waals surface area contributed by atoms with E-state index in [1.165, 1.54) is 0 Å². The number of ether oxygens (including phenoxy) is 2. The van der Waals surface area contributed by atoms with Crippen LogP contribution in [-0.2, 0) is 11.3 Å². The highest BCUT2D eigenvalue weighted by atomic mass is 16.6. The standard InChI is InChI=1S/C16H25N3O3/c1-16(2,3)22-15(20)19-13-7-12(8-13)17-9-11-5-6-14(21-4)18-10-11/h5-6,10,12-13,17H,7-9H2,1-4H3,(H,19,20). The van der Waals surface area contributed by atoms with Crippen LogP contribution in [0.5, 0.6) is 5.88 Å². The number of hydrogen-bond donors (Lipinski definition) is 2. The summed E-state index contributed by atoms with van der Waals surface area (Å²) in [5.74, 6) is 0.619. The molecular formula is C16H25N3O3. The molecule has 0 radical (unpaired) electrons. The van der Waals surface area contributed by atoms with Crippen LogP contribution in [0.1, 0.15) is 39.2 Å². The maximum atomic E-state index is 11.6. The van der Waals surface area contributed by atoms with Gasteiger partial charge in [-0.1, -0.05) is 6.07 Å².